The minimum atomic E-state index is -0.468. The van der Waals surface area contributed by atoms with Crippen LogP contribution in [0.4, 0.5) is 0 Å². The van der Waals surface area contributed by atoms with Gasteiger partial charge in [0.05, 0.1) is 11.7 Å². The number of hydrogen-bond acceptors (Lipinski definition) is 3. The van der Waals surface area contributed by atoms with Gasteiger partial charge in [0.15, 0.2) is 0 Å². The van der Waals surface area contributed by atoms with Crippen molar-refractivity contribution in [3.8, 4) is 0 Å². The average Bonchev–Trinajstić information content (AvgIpc) is 2.71. The van der Waals surface area contributed by atoms with Gasteiger partial charge in [0.2, 0.25) is 0 Å². The molecule has 2 unspecified atom stereocenters. The normalized spacial score (nSPS) is 33.8. The molecule has 2 N–H and O–H groups in total. The van der Waals surface area contributed by atoms with E-state index in [4.69, 9.17) is 0 Å². The third-order valence-corrected chi connectivity index (χ3v) is 5.29. The van der Waals surface area contributed by atoms with Gasteiger partial charge in [-0.1, -0.05) is 33.1 Å². The highest BCUT2D eigenvalue weighted by atomic mass is 16.3. The average molecular weight is 269 g/mol. The molecule has 0 saturated heterocycles. The first-order chi connectivity index (χ1) is 8.82. The summed E-state index contributed by atoms with van der Waals surface area (Å²) in [7, 11) is 2.09. The molecule has 2 aliphatic rings. The molecule has 0 aliphatic heterocycles. The zero-order valence-corrected chi connectivity index (χ0v) is 12.9. The number of aliphatic hydroxyl groups is 2. The summed E-state index contributed by atoms with van der Waals surface area (Å²) in [5, 5.41) is 20.9. The van der Waals surface area contributed by atoms with Gasteiger partial charge in [0.1, 0.15) is 0 Å². The Kier molecular flexibility index (Phi) is 4.59. The van der Waals surface area contributed by atoms with Gasteiger partial charge in [0, 0.05) is 13.1 Å². The van der Waals surface area contributed by atoms with Crippen molar-refractivity contribution in [2.24, 2.45) is 11.3 Å². The summed E-state index contributed by atoms with van der Waals surface area (Å²) >= 11 is 0. The van der Waals surface area contributed by atoms with E-state index in [1.54, 1.807) is 0 Å². The van der Waals surface area contributed by atoms with Gasteiger partial charge < -0.3 is 15.1 Å². The number of rotatable bonds is 4. The van der Waals surface area contributed by atoms with Crippen molar-refractivity contribution in [3.05, 3.63) is 0 Å². The van der Waals surface area contributed by atoms with Crippen molar-refractivity contribution in [1.82, 2.24) is 4.90 Å². The molecule has 0 aromatic rings. The highest BCUT2D eigenvalue weighted by molar-refractivity contribution is 4.91. The van der Waals surface area contributed by atoms with E-state index in [-0.39, 0.29) is 11.5 Å². The summed E-state index contributed by atoms with van der Waals surface area (Å²) in [6, 6.07) is 0. The molecule has 2 fully saturated rings. The standard InChI is InChI=1S/C16H31NO2/c1-15(2)8-6-7-13(14(15)18)11-17(3)12-16(19)9-4-5-10-16/h13-14,18-19H,4-12H2,1-3H3. The summed E-state index contributed by atoms with van der Waals surface area (Å²) in [5.74, 6) is 0.360. The van der Waals surface area contributed by atoms with Gasteiger partial charge in [-0.15, -0.1) is 0 Å². The SMILES string of the molecule is CN(CC1CCCC(C)(C)C1O)CC1(O)CCCC1. The van der Waals surface area contributed by atoms with Gasteiger partial charge in [-0.2, -0.15) is 0 Å². The fourth-order valence-electron chi connectivity index (χ4n) is 4.11. The minimum Gasteiger partial charge on any atom is -0.392 e. The number of likely N-dealkylation sites (N-methyl/N-ethyl adjacent to an activating group) is 1. The second-order valence-electron chi connectivity index (χ2n) is 7.71. The molecule has 2 saturated carbocycles. The van der Waals surface area contributed by atoms with Crippen molar-refractivity contribution in [1.29, 1.82) is 0 Å². The molecule has 3 heteroatoms. The van der Waals surface area contributed by atoms with Gasteiger partial charge in [0.25, 0.3) is 0 Å². The largest absolute Gasteiger partial charge is 0.392 e. The Balaban J connectivity index is 1.86. The summed E-state index contributed by atoms with van der Waals surface area (Å²) < 4.78 is 0. The third-order valence-electron chi connectivity index (χ3n) is 5.29. The zero-order chi connectivity index (χ0) is 14.1. The molecule has 0 spiro atoms. The van der Waals surface area contributed by atoms with Crippen LogP contribution in [0.25, 0.3) is 0 Å². The van der Waals surface area contributed by atoms with Gasteiger partial charge in [-0.25, -0.2) is 0 Å². The van der Waals surface area contributed by atoms with Gasteiger partial charge >= 0.3 is 0 Å². The Labute approximate surface area is 118 Å². The molecular weight excluding hydrogens is 238 g/mol. The lowest BCUT2D eigenvalue weighted by Gasteiger charge is -2.42. The predicted octanol–water partition coefficient (Wildman–Crippen LogP) is 2.41. The maximum atomic E-state index is 10.5. The Morgan fingerprint density at radius 2 is 1.74 bits per heavy atom. The van der Waals surface area contributed by atoms with Crippen molar-refractivity contribution in [3.63, 3.8) is 0 Å². The van der Waals surface area contributed by atoms with Crippen LogP contribution >= 0.6 is 0 Å². The predicted molar refractivity (Wildman–Crippen MR) is 78.0 cm³/mol. The van der Waals surface area contributed by atoms with E-state index in [2.05, 4.69) is 25.8 Å². The van der Waals surface area contributed by atoms with Crippen LogP contribution in [0.5, 0.6) is 0 Å². The van der Waals surface area contributed by atoms with E-state index in [0.717, 1.165) is 51.6 Å². The van der Waals surface area contributed by atoms with Crippen molar-refractivity contribution in [2.45, 2.75) is 70.5 Å². The number of nitrogens with zero attached hydrogens (tertiary/aromatic N) is 1. The Morgan fingerprint density at radius 1 is 1.11 bits per heavy atom. The quantitative estimate of drug-likeness (QED) is 0.824. The van der Waals surface area contributed by atoms with Crippen molar-refractivity contribution < 1.29 is 10.2 Å². The molecule has 112 valence electrons. The maximum absolute atomic E-state index is 10.5. The first-order valence-electron chi connectivity index (χ1n) is 7.91. The summed E-state index contributed by atoms with van der Waals surface area (Å²) in [6.07, 6.45) is 7.44. The van der Waals surface area contributed by atoms with Gasteiger partial charge in [-0.05, 0) is 44.1 Å². The van der Waals surface area contributed by atoms with Crippen LogP contribution in [-0.4, -0.2) is 47.0 Å². The van der Waals surface area contributed by atoms with Crippen LogP contribution in [0.1, 0.15) is 58.8 Å². The fourth-order valence-corrected chi connectivity index (χ4v) is 4.11. The molecule has 0 aromatic carbocycles. The zero-order valence-electron chi connectivity index (χ0n) is 12.9. The fraction of sp³-hybridized carbons (Fsp3) is 1.00. The molecule has 2 rings (SSSR count). The van der Waals surface area contributed by atoms with Crippen molar-refractivity contribution >= 4 is 0 Å². The third kappa shape index (κ3) is 3.71. The van der Waals surface area contributed by atoms with E-state index in [1.165, 1.54) is 6.42 Å². The molecule has 3 nitrogen and oxygen atoms in total. The molecule has 19 heavy (non-hydrogen) atoms. The van der Waals surface area contributed by atoms with E-state index >= 15 is 0 Å². The minimum absolute atomic E-state index is 0.0496. The van der Waals surface area contributed by atoms with E-state index in [0.29, 0.717) is 5.92 Å². The maximum Gasteiger partial charge on any atom is 0.0774 e. The molecule has 0 aromatic heterocycles. The second-order valence-corrected chi connectivity index (χ2v) is 7.71. The molecule has 0 amide bonds. The van der Waals surface area contributed by atoms with Crippen LogP contribution in [0, 0.1) is 11.3 Å². The van der Waals surface area contributed by atoms with Crippen LogP contribution in [-0.2, 0) is 0 Å². The highest BCUT2D eigenvalue weighted by Crippen LogP contribution is 2.39. The topological polar surface area (TPSA) is 43.7 Å². The van der Waals surface area contributed by atoms with Crippen LogP contribution in [0.2, 0.25) is 0 Å². The monoisotopic (exact) mass is 269 g/mol. The Hall–Kier alpha value is -0.120. The Bertz CT molecular complexity index is 297. The lowest BCUT2D eigenvalue weighted by molar-refractivity contribution is -0.0505. The number of hydrogen-bond donors (Lipinski definition) is 2. The van der Waals surface area contributed by atoms with E-state index < -0.39 is 5.60 Å². The molecule has 2 aliphatic carbocycles. The smallest absolute Gasteiger partial charge is 0.0774 e. The highest BCUT2D eigenvalue weighted by Gasteiger charge is 2.39. The summed E-state index contributed by atoms with van der Waals surface area (Å²) in [5.41, 5.74) is -0.419. The van der Waals surface area contributed by atoms with E-state index in [1.807, 2.05) is 0 Å². The first-order valence-corrected chi connectivity index (χ1v) is 7.91. The van der Waals surface area contributed by atoms with E-state index in [9.17, 15) is 10.2 Å². The first kappa shape index (κ1) is 15.3. The van der Waals surface area contributed by atoms with Crippen LogP contribution < -0.4 is 0 Å². The molecule has 0 heterocycles. The number of aliphatic hydroxyl groups excluding tert-OH is 1. The Morgan fingerprint density at radius 3 is 2.37 bits per heavy atom. The summed E-state index contributed by atoms with van der Waals surface area (Å²) in [4.78, 5) is 2.24. The lowest BCUT2D eigenvalue weighted by atomic mass is 9.69. The molecular formula is C16H31NO2. The van der Waals surface area contributed by atoms with Crippen LogP contribution in [0.15, 0.2) is 0 Å². The van der Waals surface area contributed by atoms with Crippen LogP contribution in [0.3, 0.4) is 0 Å². The summed E-state index contributed by atoms with van der Waals surface area (Å²) in [6.45, 7) is 6.02. The molecule has 0 radical (unpaired) electrons. The van der Waals surface area contributed by atoms with Gasteiger partial charge in [-0.3, -0.25) is 0 Å². The molecule has 2 atom stereocenters. The second kappa shape index (κ2) is 5.71. The lowest BCUT2D eigenvalue weighted by Crippen LogP contribution is -2.47. The molecule has 0 bridgehead atoms. The van der Waals surface area contributed by atoms with Crippen molar-refractivity contribution in [2.75, 3.05) is 20.1 Å².